The van der Waals surface area contributed by atoms with Crippen LogP contribution in [0, 0.1) is 0 Å². The molecule has 1 atom stereocenters. The quantitative estimate of drug-likeness (QED) is 0.0973. The second kappa shape index (κ2) is 20.9. The van der Waals surface area contributed by atoms with Crippen LogP contribution in [0.1, 0.15) is 68.3 Å². The summed E-state index contributed by atoms with van der Waals surface area (Å²) in [5, 5.41) is 16.2. The number of benzene rings is 3. The van der Waals surface area contributed by atoms with E-state index in [1.165, 1.54) is 55.6 Å². The minimum atomic E-state index is -4.56. The lowest BCUT2D eigenvalue weighted by molar-refractivity contribution is -0.146. The van der Waals surface area contributed by atoms with Crippen LogP contribution >= 0.6 is 46.6 Å². The van der Waals surface area contributed by atoms with Gasteiger partial charge in [0, 0.05) is 17.4 Å². The molecule has 0 unspecified atom stereocenters. The van der Waals surface area contributed by atoms with Crippen LogP contribution in [-0.4, -0.2) is 44.4 Å². The van der Waals surface area contributed by atoms with Gasteiger partial charge in [-0.25, -0.2) is 14.4 Å². The van der Waals surface area contributed by atoms with Gasteiger partial charge in [0.25, 0.3) is 0 Å². The van der Waals surface area contributed by atoms with Crippen molar-refractivity contribution in [1.29, 1.82) is 0 Å². The van der Waals surface area contributed by atoms with E-state index in [0.717, 1.165) is 49.3 Å². The Balaban J connectivity index is 0.000000281. The van der Waals surface area contributed by atoms with Crippen molar-refractivity contribution in [1.82, 2.24) is 10.2 Å². The van der Waals surface area contributed by atoms with E-state index in [9.17, 15) is 27.6 Å². The molecule has 0 bridgehead atoms. The summed E-state index contributed by atoms with van der Waals surface area (Å²) >= 11 is 18.8. The molecule has 4 aromatic rings. The van der Waals surface area contributed by atoms with Gasteiger partial charge in [-0.1, -0.05) is 104 Å². The third-order valence-corrected chi connectivity index (χ3v) is 8.59. The molecule has 9 nitrogen and oxygen atoms in total. The first-order valence-corrected chi connectivity index (χ1v) is 18.0. The van der Waals surface area contributed by atoms with E-state index >= 15 is 0 Å². The van der Waals surface area contributed by atoms with Crippen molar-refractivity contribution >= 4 is 63.8 Å². The fraction of sp³-hybridized carbons (Fsp3) is 0.306. The van der Waals surface area contributed by atoms with Gasteiger partial charge in [0.05, 0.1) is 21.2 Å². The lowest BCUT2D eigenvalue weighted by atomic mass is 10.1. The van der Waals surface area contributed by atoms with Crippen LogP contribution in [-0.2, 0) is 15.7 Å². The maximum atomic E-state index is 12.7. The van der Waals surface area contributed by atoms with E-state index in [4.69, 9.17) is 54.1 Å². The van der Waals surface area contributed by atoms with E-state index in [1.807, 2.05) is 30.3 Å². The second-order valence-corrected chi connectivity index (χ2v) is 13.2. The van der Waals surface area contributed by atoms with Gasteiger partial charge in [-0.05, 0) is 61.5 Å². The van der Waals surface area contributed by atoms with E-state index in [-0.39, 0.29) is 37.6 Å². The molecule has 0 saturated heterocycles. The van der Waals surface area contributed by atoms with Crippen molar-refractivity contribution in [3.05, 3.63) is 99.1 Å². The molecule has 1 N–H and O–H groups in total. The number of halogens is 6. The molecule has 0 amide bonds. The third kappa shape index (κ3) is 13.8. The number of ether oxygens (including phenoxy) is 3. The molecule has 3 aromatic carbocycles. The Hall–Kier alpha value is -4.04. The zero-order valence-electron chi connectivity index (χ0n) is 27.9. The topological polar surface area (TPSA) is 125 Å². The van der Waals surface area contributed by atoms with E-state index in [0.29, 0.717) is 17.5 Å². The van der Waals surface area contributed by atoms with Crippen molar-refractivity contribution in [2.45, 2.75) is 64.7 Å². The van der Waals surface area contributed by atoms with Gasteiger partial charge in [0.15, 0.2) is 17.0 Å². The molecule has 16 heteroatoms. The number of hydrogen-bond donors (Lipinski definition) is 1. The average molecular weight is 802 g/mol. The van der Waals surface area contributed by atoms with Gasteiger partial charge in [-0.2, -0.15) is 13.2 Å². The molecular weight excluding hydrogens is 768 g/mol. The maximum Gasteiger partial charge on any atom is 0.416 e. The first-order chi connectivity index (χ1) is 24.7. The number of aliphatic carboxylic acids is 1. The van der Waals surface area contributed by atoms with Gasteiger partial charge in [-0.15, -0.1) is 10.2 Å². The number of hydrogen-bond acceptors (Lipinski definition) is 9. The molecule has 52 heavy (non-hydrogen) atoms. The van der Waals surface area contributed by atoms with E-state index in [1.54, 1.807) is 0 Å². The van der Waals surface area contributed by atoms with Crippen LogP contribution in [0.25, 0.3) is 11.3 Å². The minimum absolute atomic E-state index is 0.0246. The highest BCUT2D eigenvalue weighted by molar-refractivity contribution is 8.13. The van der Waals surface area contributed by atoms with Crippen LogP contribution in [0.5, 0.6) is 17.2 Å². The zero-order valence-corrected chi connectivity index (χ0v) is 31.0. The highest BCUT2D eigenvalue weighted by Gasteiger charge is 2.31. The van der Waals surface area contributed by atoms with Crippen LogP contribution < -0.4 is 9.47 Å². The number of thioether (sulfide) groups is 1. The summed E-state index contributed by atoms with van der Waals surface area (Å²) in [7, 11) is 0. The normalized spacial score (nSPS) is 11.5. The predicted octanol–water partition coefficient (Wildman–Crippen LogP) is 11.8. The summed E-state index contributed by atoms with van der Waals surface area (Å²) in [5.74, 6) is -1.28. The fourth-order valence-electron chi connectivity index (χ4n) is 4.27. The Morgan fingerprint density at radius 2 is 1.54 bits per heavy atom. The maximum absolute atomic E-state index is 12.7. The molecule has 0 fully saturated rings. The molecule has 1 heterocycles. The Labute approximate surface area is 317 Å². The predicted molar refractivity (Wildman–Crippen MR) is 195 cm³/mol. The summed E-state index contributed by atoms with van der Waals surface area (Å²) in [6.45, 7) is 3.37. The van der Waals surface area contributed by atoms with Crippen molar-refractivity contribution in [3.8, 4) is 28.5 Å². The summed E-state index contributed by atoms with van der Waals surface area (Å²) in [6, 6.07) is 17.3. The summed E-state index contributed by atoms with van der Waals surface area (Å²) in [4.78, 5) is 34.9. The number of carbonyl (C=O) groups excluding carboxylic acids is 2. The van der Waals surface area contributed by atoms with Gasteiger partial charge < -0.3 is 19.3 Å². The molecule has 1 aromatic heterocycles. The summed E-state index contributed by atoms with van der Waals surface area (Å²) < 4.78 is 53.6. The molecule has 4 rings (SSSR count). The van der Waals surface area contributed by atoms with Crippen LogP contribution in [0.3, 0.4) is 0 Å². The first-order valence-electron chi connectivity index (χ1n) is 15.9. The van der Waals surface area contributed by atoms with Crippen molar-refractivity contribution < 1.29 is 46.9 Å². The number of carbonyl (C=O) groups is 3. The van der Waals surface area contributed by atoms with Gasteiger partial charge in [0.2, 0.25) is 0 Å². The molecule has 0 saturated carbocycles. The average Bonchev–Trinajstić information content (AvgIpc) is 3.09. The summed E-state index contributed by atoms with van der Waals surface area (Å²) in [6.07, 6.45) is 1.24. The number of nitrogens with zero attached hydrogens (tertiary/aromatic N) is 2. The minimum Gasteiger partial charge on any atom is -0.479 e. The standard InChI is InChI=1S/C19H23ClN2O2S.C17H11Cl2F3O5/c1-2-3-4-5-6-10-13-25-19(23)24-16-14-17(20)21-22-18(16)15-11-8-7-9-12-15;1-8(15(23)24)26-16(25)11-7-10(3-4-12(11)18)27-14-5-2-9(6-13(14)19)17(20,21)22/h7-9,11-12,14H,2-6,10,13H2,1H3;2-8H,1H3,(H,23,24)/t;8-/m.0/s1. The molecule has 0 aliphatic heterocycles. The van der Waals surface area contributed by atoms with Crippen LogP contribution in [0.4, 0.5) is 18.0 Å². The third-order valence-electron chi connectivity index (χ3n) is 6.96. The second-order valence-electron chi connectivity index (χ2n) is 11.0. The molecule has 0 aliphatic carbocycles. The highest BCUT2D eigenvalue weighted by atomic mass is 35.5. The Morgan fingerprint density at radius 3 is 2.19 bits per heavy atom. The number of carboxylic acid groups (broad SMARTS) is 1. The Bertz CT molecular complexity index is 1820. The molecular formula is C36H34Cl3F3N2O7S. The van der Waals surface area contributed by atoms with Gasteiger partial charge in [-0.3, -0.25) is 0 Å². The molecule has 278 valence electrons. The number of carboxylic acids is 1. The molecule has 0 aliphatic rings. The van der Waals surface area contributed by atoms with Gasteiger partial charge in [0.1, 0.15) is 17.2 Å². The first kappa shape index (κ1) is 42.4. The molecule has 0 spiro atoms. The fourth-order valence-corrected chi connectivity index (χ4v) is 5.48. The number of esters is 1. The Kier molecular flexibility index (Phi) is 17.0. The zero-order chi connectivity index (χ0) is 38.3. The van der Waals surface area contributed by atoms with Crippen LogP contribution in [0.15, 0.2) is 72.8 Å². The van der Waals surface area contributed by atoms with Crippen molar-refractivity contribution in [2.24, 2.45) is 0 Å². The monoisotopic (exact) mass is 800 g/mol. The summed E-state index contributed by atoms with van der Waals surface area (Å²) in [5.41, 5.74) is 0.224. The Morgan fingerprint density at radius 1 is 0.846 bits per heavy atom. The number of aromatic nitrogens is 2. The molecule has 0 radical (unpaired) electrons. The smallest absolute Gasteiger partial charge is 0.416 e. The van der Waals surface area contributed by atoms with E-state index in [2.05, 4.69) is 17.1 Å². The van der Waals surface area contributed by atoms with E-state index < -0.39 is 29.8 Å². The number of unbranched alkanes of at least 4 members (excludes halogenated alkanes) is 5. The van der Waals surface area contributed by atoms with Crippen LogP contribution in [0.2, 0.25) is 15.2 Å². The largest absolute Gasteiger partial charge is 0.479 e. The highest BCUT2D eigenvalue weighted by Crippen LogP contribution is 2.37. The van der Waals surface area contributed by atoms with Gasteiger partial charge >= 0.3 is 23.4 Å². The lowest BCUT2D eigenvalue weighted by Gasteiger charge is -2.13. The number of rotatable bonds is 14. The SMILES string of the molecule is CCCCCCCCSC(=O)Oc1cc(Cl)nnc1-c1ccccc1.C[C@H](OC(=O)c1cc(Oc2ccc(C(F)(F)F)cc2Cl)ccc1Cl)C(=O)O. The van der Waals surface area contributed by atoms with Crippen molar-refractivity contribution in [2.75, 3.05) is 5.75 Å². The van der Waals surface area contributed by atoms with Crippen molar-refractivity contribution in [3.63, 3.8) is 0 Å². The lowest BCUT2D eigenvalue weighted by Crippen LogP contribution is -2.23. The number of alkyl halides is 3.